The molecule has 0 unspecified atom stereocenters. The Morgan fingerprint density at radius 2 is 1.71 bits per heavy atom. The van der Waals surface area contributed by atoms with Crippen molar-refractivity contribution in [2.24, 2.45) is 0 Å². The summed E-state index contributed by atoms with van der Waals surface area (Å²) in [6, 6.07) is 11.8. The molecule has 2 rings (SSSR count). The van der Waals surface area contributed by atoms with Gasteiger partial charge in [-0.05, 0) is 49.4 Å². The number of hydrogen-bond donors (Lipinski definition) is 0. The van der Waals surface area contributed by atoms with E-state index in [-0.39, 0.29) is 16.2 Å². The number of ketones is 1. The van der Waals surface area contributed by atoms with E-state index in [0.717, 1.165) is 6.07 Å². The highest BCUT2D eigenvalue weighted by molar-refractivity contribution is 7.89. The van der Waals surface area contributed by atoms with Crippen molar-refractivity contribution < 1.29 is 32.3 Å². The third-order valence-electron chi connectivity index (χ3n) is 3.78. The third-order valence-corrected chi connectivity index (χ3v) is 5.46. The molecule has 0 aliphatic rings. The summed E-state index contributed by atoms with van der Waals surface area (Å²) < 4.78 is 35.5. The highest BCUT2D eigenvalue weighted by Gasteiger charge is 2.22. The van der Waals surface area contributed by atoms with E-state index >= 15 is 0 Å². The van der Waals surface area contributed by atoms with Gasteiger partial charge in [0.15, 0.2) is 12.4 Å². The van der Waals surface area contributed by atoms with E-state index in [2.05, 4.69) is 0 Å². The van der Waals surface area contributed by atoms with Gasteiger partial charge in [0, 0.05) is 12.6 Å². The van der Waals surface area contributed by atoms with Crippen molar-refractivity contribution in [3.63, 3.8) is 0 Å². The molecule has 0 heterocycles. The van der Waals surface area contributed by atoms with E-state index in [4.69, 9.17) is 14.3 Å². The fourth-order valence-electron chi connectivity index (χ4n) is 2.23. The number of ether oxygens (including phenoxy) is 2. The number of carbonyl (C=O) groups is 2. The monoisotopic (exact) mass is 407 g/mol. The highest BCUT2D eigenvalue weighted by atomic mass is 32.2. The van der Waals surface area contributed by atoms with Crippen LogP contribution in [0, 0.1) is 0 Å². The lowest BCUT2D eigenvalue weighted by Gasteiger charge is -2.14. The van der Waals surface area contributed by atoms with Crippen LogP contribution in [0.4, 0.5) is 0 Å². The van der Waals surface area contributed by atoms with E-state index in [1.165, 1.54) is 32.4 Å². The maximum atomic E-state index is 12.2. The molecule has 2 aromatic rings. The van der Waals surface area contributed by atoms with Crippen molar-refractivity contribution in [2.75, 3.05) is 27.4 Å². The van der Waals surface area contributed by atoms with Gasteiger partial charge in [-0.1, -0.05) is 10.5 Å². The fourth-order valence-corrected chi connectivity index (χ4v) is 3.25. The van der Waals surface area contributed by atoms with Crippen molar-refractivity contribution >= 4 is 21.8 Å². The zero-order valence-electron chi connectivity index (χ0n) is 15.7. The van der Waals surface area contributed by atoms with Crippen LogP contribution in [0.15, 0.2) is 53.4 Å². The number of hydroxylamine groups is 1. The molecule has 28 heavy (non-hydrogen) atoms. The lowest BCUT2D eigenvalue weighted by molar-refractivity contribution is -0.0258. The number of nitrogens with zero attached hydrogens (tertiary/aromatic N) is 1. The van der Waals surface area contributed by atoms with Crippen LogP contribution in [0.5, 0.6) is 5.75 Å². The second-order valence-electron chi connectivity index (χ2n) is 5.58. The number of benzene rings is 2. The number of rotatable bonds is 9. The number of esters is 1. The van der Waals surface area contributed by atoms with Crippen LogP contribution in [0.2, 0.25) is 0 Å². The zero-order chi connectivity index (χ0) is 20.7. The number of Topliss-reactive ketones (excluding diaryl/α,β-unsaturated/α-hetero) is 1. The summed E-state index contributed by atoms with van der Waals surface area (Å²) in [5, 5.41) is 0. The summed E-state index contributed by atoms with van der Waals surface area (Å²) in [6.45, 7) is 1.90. The zero-order valence-corrected chi connectivity index (χ0v) is 16.6. The Kier molecular flexibility index (Phi) is 7.27. The van der Waals surface area contributed by atoms with E-state index in [9.17, 15) is 18.0 Å². The Hall–Kier alpha value is -2.75. The van der Waals surface area contributed by atoms with E-state index in [1.807, 2.05) is 6.92 Å². The van der Waals surface area contributed by atoms with Gasteiger partial charge < -0.3 is 9.47 Å². The van der Waals surface area contributed by atoms with Gasteiger partial charge in [-0.2, -0.15) is 0 Å². The smallest absolute Gasteiger partial charge is 0.338 e. The molecule has 0 aromatic heterocycles. The highest BCUT2D eigenvalue weighted by Crippen LogP contribution is 2.17. The van der Waals surface area contributed by atoms with E-state index in [1.54, 1.807) is 24.3 Å². The van der Waals surface area contributed by atoms with Gasteiger partial charge in [0.05, 0.1) is 24.2 Å². The van der Waals surface area contributed by atoms with E-state index < -0.39 is 22.6 Å². The maximum absolute atomic E-state index is 12.2. The largest absolute Gasteiger partial charge is 0.494 e. The number of hydrogen-bond acceptors (Lipinski definition) is 7. The van der Waals surface area contributed by atoms with Crippen molar-refractivity contribution in [3.8, 4) is 5.75 Å². The summed E-state index contributed by atoms with van der Waals surface area (Å²) in [5.41, 5.74) is 0.374. The molecule has 0 bridgehead atoms. The lowest BCUT2D eigenvalue weighted by atomic mass is 10.1. The third kappa shape index (κ3) is 5.16. The number of carbonyl (C=O) groups excluding carboxylic acids is 2. The summed E-state index contributed by atoms with van der Waals surface area (Å²) in [5.74, 6) is -0.564. The predicted molar refractivity (Wildman–Crippen MR) is 101 cm³/mol. The molecule has 0 N–H and O–H groups in total. The second kappa shape index (κ2) is 9.45. The first-order chi connectivity index (χ1) is 13.3. The molecule has 0 saturated heterocycles. The van der Waals surface area contributed by atoms with Crippen LogP contribution in [0.25, 0.3) is 0 Å². The molecule has 2 aromatic carbocycles. The Balaban J connectivity index is 2.05. The minimum Gasteiger partial charge on any atom is -0.494 e. The van der Waals surface area contributed by atoms with Crippen LogP contribution in [-0.2, 0) is 19.6 Å². The summed E-state index contributed by atoms with van der Waals surface area (Å²) in [7, 11) is -1.46. The summed E-state index contributed by atoms with van der Waals surface area (Å²) >= 11 is 0. The molecule has 0 fully saturated rings. The predicted octanol–water partition coefficient (Wildman–Crippen LogP) is 2.31. The molecule has 0 saturated carbocycles. The SMILES string of the molecule is CCOc1ccc(C(=O)COC(=O)c2cccc(S(=O)(=O)N(C)OC)c2)cc1. The molecule has 0 atom stereocenters. The average Bonchev–Trinajstić information content (AvgIpc) is 2.71. The van der Waals surface area contributed by atoms with Crippen LogP contribution in [0.1, 0.15) is 27.6 Å². The van der Waals surface area contributed by atoms with Gasteiger partial charge in [0.2, 0.25) is 0 Å². The maximum Gasteiger partial charge on any atom is 0.338 e. The molecule has 0 radical (unpaired) electrons. The van der Waals surface area contributed by atoms with Crippen molar-refractivity contribution in [1.29, 1.82) is 0 Å². The van der Waals surface area contributed by atoms with Crippen LogP contribution >= 0.6 is 0 Å². The molecule has 0 aliphatic heterocycles. The first-order valence-corrected chi connectivity index (χ1v) is 9.80. The average molecular weight is 407 g/mol. The molecule has 9 heteroatoms. The fraction of sp³-hybridized carbons (Fsp3) is 0.263. The van der Waals surface area contributed by atoms with Gasteiger partial charge in [0.1, 0.15) is 5.75 Å². The summed E-state index contributed by atoms with van der Waals surface area (Å²) in [6.07, 6.45) is 0. The normalized spacial score (nSPS) is 11.3. The molecule has 150 valence electrons. The van der Waals surface area contributed by atoms with Crippen LogP contribution in [-0.4, -0.2) is 52.0 Å². The van der Waals surface area contributed by atoms with Crippen molar-refractivity contribution in [3.05, 3.63) is 59.7 Å². The Labute approximate surface area is 163 Å². The van der Waals surface area contributed by atoms with E-state index in [0.29, 0.717) is 22.4 Å². The van der Waals surface area contributed by atoms with Crippen LogP contribution < -0.4 is 4.74 Å². The van der Waals surface area contributed by atoms with Gasteiger partial charge in [-0.15, -0.1) is 0 Å². The molecule has 8 nitrogen and oxygen atoms in total. The van der Waals surface area contributed by atoms with Crippen molar-refractivity contribution in [1.82, 2.24) is 4.47 Å². The Bertz CT molecular complexity index is 939. The summed E-state index contributed by atoms with van der Waals surface area (Å²) in [4.78, 5) is 28.9. The van der Waals surface area contributed by atoms with Crippen molar-refractivity contribution in [2.45, 2.75) is 11.8 Å². The topological polar surface area (TPSA) is 99.2 Å². The second-order valence-corrected chi connectivity index (χ2v) is 7.52. The van der Waals surface area contributed by atoms with Gasteiger partial charge in [-0.3, -0.25) is 9.63 Å². The first-order valence-electron chi connectivity index (χ1n) is 8.36. The molecule has 0 amide bonds. The quantitative estimate of drug-likeness (QED) is 0.357. The molecule has 0 aliphatic carbocycles. The first kappa shape index (κ1) is 21.5. The molecule has 0 spiro atoms. The van der Waals surface area contributed by atoms with Crippen LogP contribution in [0.3, 0.4) is 0 Å². The number of sulfonamides is 1. The lowest BCUT2D eigenvalue weighted by Crippen LogP contribution is -2.26. The van der Waals surface area contributed by atoms with Gasteiger partial charge in [-0.25, -0.2) is 13.2 Å². The minimum absolute atomic E-state index is 0.00470. The van der Waals surface area contributed by atoms with Gasteiger partial charge >= 0.3 is 5.97 Å². The Morgan fingerprint density at radius 3 is 2.32 bits per heavy atom. The Morgan fingerprint density at radius 1 is 1.04 bits per heavy atom. The molecular weight excluding hydrogens is 386 g/mol. The van der Waals surface area contributed by atoms with Gasteiger partial charge in [0.25, 0.3) is 10.0 Å². The standard InChI is InChI=1S/C19H21NO7S/c1-4-26-16-10-8-14(9-11-16)18(21)13-27-19(22)15-6-5-7-17(12-15)28(23,24)20(2)25-3/h5-12H,4,13H2,1-3H3. The minimum atomic E-state index is -3.90. The molecular formula is C19H21NO7S.